The van der Waals surface area contributed by atoms with E-state index in [2.05, 4.69) is 4.98 Å². The van der Waals surface area contributed by atoms with Gasteiger partial charge in [0.2, 0.25) is 5.91 Å². The van der Waals surface area contributed by atoms with Gasteiger partial charge in [0, 0.05) is 30.4 Å². The topological polar surface area (TPSA) is 118 Å². The number of rotatable bonds is 7. The van der Waals surface area contributed by atoms with Crippen LogP contribution in [0.5, 0.6) is 11.5 Å². The highest BCUT2D eigenvalue weighted by Gasteiger charge is 2.39. The van der Waals surface area contributed by atoms with Crippen molar-refractivity contribution in [2.24, 2.45) is 5.73 Å². The Morgan fingerprint density at radius 3 is 2.71 bits per heavy atom. The van der Waals surface area contributed by atoms with E-state index in [1.165, 1.54) is 32.0 Å². The fraction of sp³-hybridized carbons (Fsp3) is 0.435. The van der Waals surface area contributed by atoms with Crippen molar-refractivity contribution in [3.63, 3.8) is 0 Å². The van der Waals surface area contributed by atoms with E-state index in [0.29, 0.717) is 22.1 Å². The van der Waals surface area contributed by atoms with E-state index in [1.54, 1.807) is 18.2 Å². The summed E-state index contributed by atoms with van der Waals surface area (Å²) in [5, 5.41) is 13.6. The maximum atomic E-state index is 13.0. The minimum Gasteiger partial charge on any atom is -0.758 e. The fourth-order valence-corrected chi connectivity index (χ4v) is 4.53. The monoisotopic (exact) mass is 424 g/mol. The SMILES string of the molecule is COc1cc(C(CC(N)=O)C2C(=O)c3cnccc3N2[O-])ccc1OC1CCCCC1. The number of fused-ring (bicyclic) bond motifs is 1. The Hall–Kier alpha value is -3.13. The molecule has 4 rings (SSSR count). The summed E-state index contributed by atoms with van der Waals surface area (Å²) >= 11 is 0. The van der Waals surface area contributed by atoms with Gasteiger partial charge in [-0.25, -0.2) is 0 Å². The summed E-state index contributed by atoms with van der Waals surface area (Å²) in [6.07, 6.45) is 8.35. The molecule has 2 unspecified atom stereocenters. The number of hydrogen-bond donors (Lipinski definition) is 1. The molecule has 31 heavy (non-hydrogen) atoms. The Bertz CT molecular complexity index is 973. The Morgan fingerprint density at radius 2 is 2.03 bits per heavy atom. The molecule has 0 spiro atoms. The maximum absolute atomic E-state index is 13.0. The molecular weight excluding hydrogens is 398 g/mol. The lowest BCUT2D eigenvalue weighted by atomic mass is 9.86. The molecule has 2 atom stereocenters. The second kappa shape index (κ2) is 8.93. The van der Waals surface area contributed by atoms with Crippen molar-refractivity contribution in [2.75, 3.05) is 12.2 Å². The number of ether oxygens (including phenoxy) is 2. The molecule has 0 radical (unpaired) electrons. The van der Waals surface area contributed by atoms with Crippen LogP contribution in [0.4, 0.5) is 5.69 Å². The van der Waals surface area contributed by atoms with Gasteiger partial charge >= 0.3 is 0 Å². The molecule has 2 N–H and O–H groups in total. The number of pyridine rings is 1. The standard InChI is InChI=1S/C23H26N3O5/c1-30-20-11-14(7-8-19(20)31-15-5-3-2-4-6-15)16(12-21(24)27)22-23(28)17-13-25-10-9-18(17)26(22)29/h7-11,13,15-16,22H,2-6,12H2,1H3,(H2,24,27)/q-1. The Labute approximate surface area is 180 Å². The molecule has 8 nitrogen and oxygen atoms in total. The molecule has 8 heteroatoms. The summed E-state index contributed by atoms with van der Waals surface area (Å²) < 4.78 is 11.7. The van der Waals surface area contributed by atoms with Gasteiger partial charge in [-0.2, -0.15) is 0 Å². The average Bonchev–Trinajstić information content (AvgIpc) is 3.03. The van der Waals surface area contributed by atoms with Crippen molar-refractivity contribution in [1.82, 2.24) is 4.98 Å². The van der Waals surface area contributed by atoms with Gasteiger partial charge < -0.3 is 25.5 Å². The van der Waals surface area contributed by atoms with Gasteiger partial charge in [0.1, 0.15) is 0 Å². The number of amides is 1. The lowest BCUT2D eigenvalue weighted by Gasteiger charge is -2.37. The van der Waals surface area contributed by atoms with Crippen LogP contribution >= 0.6 is 0 Å². The first kappa shape index (κ1) is 21.1. The van der Waals surface area contributed by atoms with Crippen LogP contribution in [0.15, 0.2) is 36.7 Å². The number of hydrogen-bond acceptors (Lipinski definition) is 7. The van der Waals surface area contributed by atoms with Crippen LogP contribution in [0.2, 0.25) is 0 Å². The summed E-state index contributed by atoms with van der Waals surface area (Å²) in [5.41, 5.74) is 6.60. The van der Waals surface area contributed by atoms with E-state index in [4.69, 9.17) is 15.2 Å². The van der Waals surface area contributed by atoms with Crippen molar-refractivity contribution in [2.45, 2.75) is 56.6 Å². The van der Waals surface area contributed by atoms with E-state index in [-0.39, 0.29) is 29.6 Å². The highest BCUT2D eigenvalue weighted by Crippen LogP contribution is 2.41. The number of Topliss-reactive ketones (excluding diaryl/α,β-unsaturated/α-hetero) is 1. The number of carbonyl (C=O) groups excluding carboxylic acids is 2. The maximum Gasteiger partial charge on any atom is 0.218 e. The zero-order valence-corrected chi connectivity index (χ0v) is 17.5. The van der Waals surface area contributed by atoms with Gasteiger partial charge in [0.15, 0.2) is 17.3 Å². The lowest BCUT2D eigenvalue weighted by Crippen LogP contribution is -2.38. The third kappa shape index (κ3) is 4.20. The molecule has 1 saturated carbocycles. The second-order valence-corrected chi connectivity index (χ2v) is 8.09. The number of nitrogens with two attached hydrogens (primary N) is 1. The largest absolute Gasteiger partial charge is 0.758 e. The van der Waals surface area contributed by atoms with Crippen molar-refractivity contribution in [1.29, 1.82) is 0 Å². The normalized spacial score (nSPS) is 19.7. The van der Waals surface area contributed by atoms with E-state index in [1.807, 2.05) is 0 Å². The first-order valence-corrected chi connectivity index (χ1v) is 10.6. The molecule has 2 aliphatic rings. The van der Waals surface area contributed by atoms with Crippen LogP contribution in [-0.2, 0) is 4.79 Å². The molecule has 2 aromatic rings. The molecule has 0 saturated heterocycles. The Balaban J connectivity index is 1.65. The van der Waals surface area contributed by atoms with Crippen molar-refractivity contribution < 1.29 is 19.1 Å². The number of primary amides is 1. The summed E-state index contributed by atoms with van der Waals surface area (Å²) in [5.74, 6) is -0.583. The molecule has 2 heterocycles. The van der Waals surface area contributed by atoms with Crippen LogP contribution in [-0.4, -0.2) is 35.9 Å². The minimum atomic E-state index is -1.10. The Kier molecular flexibility index (Phi) is 6.08. The molecule has 1 aromatic carbocycles. The Morgan fingerprint density at radius 1 is 1.26 bits per heavy atom. The number of methoxy groups -OCH3 is 1. The highest BCUT2D eigenvalue weighted by molar-refractivity contribution is 6.11. The van der Waals surface area contributed by atoms with E-state index in [0.717, 1.165) is 25.7 Å². The van der Waals surface area contributed by atoms with E-state index < -0.39 is 17.9 Å². The minimum absolute atomic E-state index is 0.144. The summed E-state index contributed by atoms with van der Waals surface area (Å²) in [7, 11) is 1.54. The smallest absolute Gasteiger partial charge is 0.218 e. The highest BCUT2D eigenvalue weighted by atomic mass is 16.5. The molecule has 1 amide bonds. The predicted molar refractivity (Wildman–Crippen MR) is 115 cm³/mol. The molecule has 1 aliphatic carbocycles. The zero-order valence-electron chi connectivity index (χ0n) is 17.5. The summed E-state index contributed by atoms with van der Waals surface area (Å²) in [6, 6.07) is 5.69. The van der Waals surface area contributed by atoms with Crippen LogP contribution < -0.4 is 20.3 Å². The molecular formula is C23H26N3O5-. The molecule has 1 aliphatic heterocycles. The number of aromatic nitrogens is 1. The van der Waals surface area contributed by atoms with Crippen LogP contribution in [0.25, 0.3) is 0 Å². The van der Waals surface area contributed by atoms with Crippen molar-refractivity contribution >= 4 is 17.4 Å². The van der Waals surface area contributed by atoms with Crippen molar-refractivity contribution in [3.05, 3.63) is 53.0 Å². The zero-order chi connectivity index (χ0) is 22.0. The number of ketones is 1. The predicted octanol–water partition coefficient (Wildman–Crippen LogP) is 3.33. The van der Waals surface area contributed by atoms with Gasteiger partial charge in [-0.05, 0) is 49.4 Å². The third-order valence-electron chi connectivity index (χ3n) is 6.09. The van der Waals surface area contributed by atoms with Crippen LogP contribution in [0, 0.1) is 5.21 Å². The number of anilines is 1. The molecule has 0 bridgehead atoms. The van der Waals surface area contributed by atoms with Crippen LogP contribution in [0.3, 0.4) is 0 Å². The number of benzene rings is 1. The van der Waals surface area contributed by atoms with Gasteiger partial charge in [-0.1, -0.05) is 12.5 Å². The fourth-order valence-electron chi connectivity index (χ4n) is 4.53. The van der Waals surface area contributed by atoms with Gasteiger partial charge in [-0.3, -0.25) is 14.6 Å². The number of hydroxylamine groups is 1. The van der Waals surface area contributed by atoms with Gasteiger partial charge in [0.05, 0.1) is 24.8 Å². The quantitative estimate of drug-likeness (QED) is 0.724. The molecule has 1 aromatic heterocycles. The van der Waals surface area contributed by atoms with Crippen LogP contribution in [0.1, 0.15) is 60.4 Å². The number of nitrogens with zero attached hydrogens (tertiary/aromatic N) is 2. The number of carbonyl (C=O) groups is 2. The second-order valence-electron chi connectivity index (χ2n) is 8.09. The van der Waals surface area contributed by atoms with E-state index >= 15 is 0 Å². The van der Waals surface area contributed by atoms with Gasteiger partial charge in [0.25, 0.3) is 0 Å². The van der Waals surface area contributed by atoms with Gasteiger partial charge in [-0.15, -0.1) is 0 Å². The first-order valence-electron chi connectivity index (χ1n) is 10.6. The summed E-state index contributed by atoms with van der Waals surface area (Å²) in [6.45, 7) is 0. The van der Waals surface area contributed by atoms with Crippen molar-refractivity contribution in [3.8, 4) is 11.5 Å². The molecule has 164 valence electrons. The third-order valence-corrected chi connectivity index (χ3v) is 6.09. The lowest BCUT2D eigenvalue weighted by molar-refractivity contribution is -0.118. The summed E-state index contributed by atoms with van der Waals surface area (Å²) in [4.78, 5) is 28.8. The average molecular weight is 424 g/mol. The van der Waals surface area contributed by atoms with E-state index in [9.17, 15) is 14.8 Å². The first-order chi connectivity index (χ1) is 15.0. The molecule has 1 fully saturated rings.